The van der Waals surface area contributed by atoms with E-state index in [-0.39, 0.29) is 5.56 Å². The van der Waals surface area contributed by atoms with Crippen molar-refractivity contribution in [2.75, 3.05) is 25.6 Å². The van der Waals surface area contributed by atoms with Crippen molar-refractivity contribution in [2.45, 2.75) is 32.4 Å². The van der Waals surface area contributed by atoms with Gasteiger partial charge in [0.25, 0.3) is 5.56 Å². The van der Waals surface area contributed by atoms with E-state index in [2.05, 4.69) is 26.3 Å². The Morgan fingerprint density at radius 1 is 1.63 bits per heavy atom. The van der Waals surface area contributed by atoms with Gasteiger partial charge in [-0.3, -0.25) is 4.79 Å². The van der Waals surface area contributed by atoms with Gasteiger partial charge in [0.2, 0.25) is 0 Å². The van der Waals surface area contributed by atoms with E-state index in [0.29, 0.717) is 36.3 Å². The van der Waals surface area contributed by atoms with Crippen molar-refractivity contribution < 1.29 is 9.84 Å². The predicted octanol–water partition coefficient (Wildman–Crippen LogP) is 1.23. The van der Waals surface area contributed by atoms with Crippen LogP contribution in [-0.2, 0) is 11.3 Å². The van der Waals surface area contributed by atoms with Crippen LogP contribution < -0.4 is 10.9 Å². The van der Waals surface area contributed by atoms with E-state index >= 15 is 0 Å². The van der Waals surface area contributed by atoms with Gasteiger partial charge in [-0.15, -0.1) is 0 Å². The Balaban J connectivity index is 2.60. The summed E-state index contributed by atoms with van der Waals surface area (Å²) in [5.41, 5.74) is 0.492. The lowest BCUT2D eigenvalue weighted by molar-refractivity contribution is 0.0615. The first-order chi connectivity index (χ1) is 9.10. The Morgan fingerprint density at radius 2 is 2.37 bits per heavy atom. The molecule has 0 spiro atoms. The summed E-state index contributed by atoms with van der Waals surface area (Å²) >= 11 is 3.28. The number of hydrogen-bond acceptors (Lipinski definition) is 5. The molecule has 1 atom stereocenters. The standard InChI is InChI=1S/C12H20BrN3O3/c1-3-6-16-12(18)11(13)10(7-15-16)14-5-4-9(17)8-19-2/h7,9,14,17H,3-6,8H2,1-2H3. The fourth-order valence-electron chi connectivity index (χ4n) is 1.61. The van der Waals surface area contributed by atoms with E-state index in [9.17, 15) is 9.90 Å². The largest absolute Gasteiger partial charge is 0.391 e. The molecule has 2 N–H and O–H groups in total. The van der Waals surface area contributed by atoms with Crippen molar-refractivity contribution in [3.05, 3.63) is 21.0 Å². The molecule has 0 saturated carbocycles. The van der Waals surface area contributed by atoms with Crippen molar-refractivity contribution in [3.8, 4) is 0 Å². The van der Waals surface area contributed by atoms with E-state index in [1.54, 1.807) is 13.3 Å². The van der Waals surface area contributed by atoms with E-state index in [1.807, 2.05) is 6.92 Å². The topological polar surface area (TPSA) is 76.4 Å². The van der Waals surface area contributed by atoms with Crippen LogP contribution in [0.15, 0.2) is 15.5 Å². The first kappa shape index (κ1) is 16.1. The molecule has 0 aliphatic carbocycles. The molecule has 0 aromatic carbocycles. The molecular weight excluding hydrogens is 314 g/mol. The molecule has 0 amide bonds. The molecule has 0 bridgehead atoms. The van der Waals surface area contributed by atoms with Crippen LogP contribution in [0.25, 0.3) is 0 Å². The van der Waals surface area contributed by atoms with E-state index in [4.69, 9.17) is 4.74 Å². The van der Waals surface area contributed by atoms with Gasteiger partial charge in [-0.25, -0.2) is 4.68 Å². The molecule has 0 fully saturated rings. The van der Waals surface area contributed by atoms with Crippen molar-refractivity contribution in [1.82, 2.24) is 9.78 Å². The van der Waals surface area contributed by atoms with Crippen molar-refractivity contribution >= 4 is 21.6 Å². The van der Waals surface area contributed by atoms with E-state index in [1.165, 1.54) is 4.68 Å². The first-order valence-electron chi connectivity index (χ1n) is 6.26. The normalized spacial score (nSPS) is 12.4. The monoisotopic (exact) mass is 333 g/mol. The number of aromatic nitrogens is 2. The molecule has 1 heterocycles. The number of ether oxygens (including phenoxy) is 1. The number of methoxy groups -OCH3 is 1. The van der Waals surface area contributed by atoms with E-state index < -0.39 is 6.10 Å². The van der Waals surface area contributed by atoms with Gasteiger partial charge in [0.05, 0.1) is 24.6 Å². The SMILES string of the molecule is CCCn1ncc(NCCC(O)COC)c(Br)c1=O. The number of rotatable bonds is 8. The summed E-state index contributed by atoms with van der Waals surface area (Å²) in [5, 5.41) is 16.7. The Kier molecular flexibility index (Phi) is 7.04. The lowest BCUT2D eigenvalue weighted by Gasteiger charge is -2.12. The molecule has 1 rings (SSSR count). The van der Waals surface area contributed by atoms with Gasteiger partial charge in [0.1, 0.15) is 4.47 Å². The second-order valence-electron chi connectivity index (χ2n) is 4.23. The number of aryl methyl sites for hydroxylation is 1. The minimum Gasteiger partial charge on any atom is -0.391 e. The lowest BCUT2D eigenvalue weighted by atomic mass is 10.2. The Labute approximate surface area is 120 Å². The quantitative estimate of drug-likeness (QED) is 0.748. The molecule has 7 heteroatoms. The third kappa shape index (κ3) is 4.93. The molecule has 6 nitrogen and oxygen atoms in total. The van der Waals surface area contributed by atoms with Gasteiger partial charge in [-0.1, -0.05) is 6.92 Å². The fourth-order valence-corrected chi connectivity index (χ4v) is 2.06. The van der Waals surface area contributed by atoms with E-state index in [0.717, 1.165) is 6.42 Å². The highest BCUT2D eigenvalue weighted by molar-refractivity contribution is 9.10. The van der Waals surface area contributed by atoms with Gasteiger partial charge in [-0.05, 0) is 28.8 Å². The summed E-state index contributed by atoms with van der Waals surface area (Å²) in [7, 11) is 1.55. The summed E-state index contributed by atoms with van der Waals surface area (Å²) in [4.78, 5) is 11.9. The molecule has 1 unspecified atom stereocenters. The lowest BCUT2D eigenvalue weighted by Crippen LogP contribution is -2.25. The number of halogens is 1. The summed E-state index contributed by atoms with van der Waals surface area (Å²) in [5.74, 6) is 0. The van der Waals surface area contributed by atoms with Crippen molar-refractivity contribution in [3.63, 3.8) is 0 Å². The van der Waals surface area contributed by atoms with Crippen LogP contribution in [0, 0.1) is 0 Å². The Bertz CT molecular complexity index is 450. The average molecular weight is 334 g/mol. The number of nitrogens with one attached hydrogen (secondary N) is 1. The van der Waals surface area contributed by atoms with Crippen LogP contribution in [0.1, 0.15) is 19.8 Å². The fraction of sp³-hybridized carbons (Fsp3) is 0.667. The molecule has 0 radical (unpaired) electrons. The molecule has 0 saturated heterocycles. The molecular formula is C12H20BrN3O3. The number of aliphatic hydroxyl groups is 1. The first-order valence-corrected chi connectivity index (χ1v) is 7.06. The van der Waals surface area contributed by atoms with Gasteiger partial charge in [-0.2, -0.15) is 5.10 Å². The summed E-state index contributed by atoms with van der Waals surface area (Å²) in [6, 6.07) is 0. The zero-order valence-electron chi connectivity index (χ0n) is 11.2. The van der Waals surface area contributed by atoms with Crippen LogP contribution in [-0.4, -0.2) is 41.3 Å². The maximum absolute atomic E-state index is 11.9. The third-order valence-corrected chi connectivity index (χ3v) is 3.34. The van der Waals surface area contributed by atoms with Gasteiger partial charge < -0.3 is 15.2 Å². The third-order valence-electron chi connectivity index (χ3n) is 2.57. The number of aliphatic hydroxyl groups excluding tert-OH is 1. The predicted molar refractivity (Wildman–Crippen MR) is 77.5 cm³/mol. The molecule has 1 aromatic heterocycles. The second-order valence-corrected chi connectivity index (χ2v) is 5.02. The van der Waals surface area contributed by atoms with Crippen LogP contribution in [0.3, 0.4) is 0 Å². The van der Waals surface area contributed by atoms with Crippen LogP contribution >= 0.6 is 15.9 Å². The van der Waals surface area contributed by atoms with Crippen LogP contribution in [0.4, 0.5) is 5.69 Å². The molecule has 0 aliphatic rings. The summed E-state index contributed by atoms with van der Waals surface area (Å²) in [6.45, 7) is 3.44. The smallest absolute Gasteiger partial charge is 0.283 e. The maximum Gasteiger partial charge on any atom is 0.283 e. The highest BCUT2D eigenvalue weighted by atomic mass is 79.9. The Morgan fingerprint density at radius 3 is 3.00 bits per heavy atom. The number of nitrogens with zero attached hydrogens (tertiary/aromatic N) is 2. The van der Waals surface area contributed by atoms with Crippen LogP contribution in [0.2, 0.25) is 0 Å². The highest BCUT2D eigenvalue weighted by Crippen LogP contribution is 2.16. The highest BCUT2D eigenvalue weighted by Gasteiger charge is 2.09. The van der Waals surface area contributed by atoms with Crippen LogP contribution in [0.5, 0.6) is 0 Å². The molecule has 19 heavy (non-hydrogen) atoms. The number of hydrogen-bond donors (Lipinski definition) is 2. The average Bonchev–Trinajstić information content (AvgIpc) is 2.38. The number of anilines is 1. The second kappa shape index (κ2) is 8.29. The Hall–Kier alpha value is -0.920. The van der Waals surface area contributed by atoms with Gasteiger partial charge in [0.15, 0.2) is 0 Å². The van der Waals surface area contributed by atoms with Crippen molar-refractivity contribution in [1.29, 1.82) is 0 Å². The molecule has 0 aliphatic heterocycles. The minimum absolute atomic E-state index is 0.149. The summed E-state index contributed by atoms with van der Waals surface area (Å²) in [6.07, 6.45) is 2.50. The van der Waals surface area contributed by atoms with Crippen molar-refractivity contribution in [2.24, 2.45) is 0 Å². The molecule has 108 valence electrons. The van der Waals surface area contributed by atoms with Gasteiger partial charge in [0, 0.05) is 20.2 Å². The van der Waals surface area contributed by atoms with Gasteiger partial charge >= 0.3 is 0 Å². The zero-order chi connectivity index (χ0) is 14.3. The maximum atomic E-state index is 11.9. The minimum atomic E-state index is -0.510. The zero-order valence-corrected chi connectivity index (χ0v) is 12.8. The summed E-state index contributed by atoms with van der Waals surface area (Å²) < 4.78 is 6.73. The molecule has 1 aromatic rings.